The van der Waals surface area contributed by atoms with Gasteiger partial charge in [-0.3, -0.25) is 9.59 Å². The molecule has 1 N–H and O–H groups in total. The van der Waals surface area contributed by atoms with Crippen LogP contribution in [-0.2, 0) is 16.0 Å². The van der Waals surface area contributed by atoms with Crippen molar-refractivity contribution >= 4 is 23.1 Å². The smallest absolute Gasteiger partial charge is 0.311 e. The Morgan fingerprint density at radius 1 is 1.07 bits per heavy atom. The maximum absolute atomic E-state index is 12.5. The van der Waals surface area contributed by atoms with Crippen molar-refractivity contribution in [2.75, 3.05) is 14.2 Å². The molecule has 2 aromatic carbocycles. The molecular formula is C22H21NO5S. The van der Waals surface area contributed by atoms with Crippen LogP contribution in [0.15, 0.2) is 53.9 Å². The van der Waals surface area contributed by atoms with Crippen LogP contribution >= 0.6 is 11.3 Å². The number of rotatable bonds is 9. The summed E-state index contributed by atoms with van der Waals surface area (Å²) in [6.07, 6.45) is 0.0307. The molecule has 0 radical (unpaired) electrons. The summed E-state index contributed by atoms with van der Waals surface area (Å²) in [5.74, 6) is -0.791. The number of ketones is 1. The Morgan fingerprint density at radius 3 is 2.45 bits per heavy atom. The fourth-order valence-electron chi connectivity index (χ4n) is 3.02. The van der Waals surface area contributed by atoms with Gasteiger partial charge in [-0.2, -0.15) is 0 Å². The van der Waals surface area contributed by atoms with Gasteiger partial charge in [0.2, 0.25) is 0 Å². The van der Waals surface area contributed by atoms with Crippen molar-refractivity contribution in [3.63, 3.8) is 0 Å². The van der Waals surface area contributed by atoms with Gasteiger partial charge in [0.25, 0.3) is 0 Å². The molecule has 6 nitrogen and oxygen atoms in total. The summed E-state index contributed by atoms with van der Waals surface area (Å²) in [5, 5.41) is 12.1. The normalized spacial score (nSPS) is 11.7. The van der Waals surface area contributed by atoms with Gasteiger partial charge in [0.05, 0.1) is 25.8 Å². The Morgan fingerprint density at radius 2 is 1.79 bits per heavy atom. The van der Waals surface area contributed by atoms with Crippen LogP contribution in [0.25, 0.3) is 10.6 Å². The Kier molecular flexibility index (Phi) is 6.61. The molecule has 1 atom stereocenters. The van der Waals surface area contributed by atoms with Crippen LogP contribution in [0.3, 0.4) is 0 Å². The van der Waals surface area contributed by atoms with Gasteiger partial charge in [-0.1, -0.05) is 30.3 Å². The van der Waals surface area contributed by atoms with E-state index < -0.39 is 11.9 Å². The summed E-state index contributed by atoms with van der Waals surface area (Å²) in [4.78, 5) is 28.6. The number of carbonyl (C=O) groups excluding carboxylic acids is 1. The highest BCUT2D eigenvalue weighted by atomic mass is 32.1. The molecule has 3 aromatic rings. The number of hydrogen-bond acceptors (Lipinski definition) is 6. The maximum atomic E-state index is 12.5. The molecule has 0 amide bonds. The zero-order valence-electron chi connectivity index (χ0n) is 16.1. The molecule has 0 aliphatic heterocycles. The summed E-state index contributed by atoms with van der Waals surface area (Å²) in [5.41, 5.74) is 2.11. The van der Waals surface area contributed by atoms with Gasteiger partial charge in [-0.05, 0) is 23.8 Å². The molecule has 7 heteroatoms. The molecule has 0 aliphatic rings. The van der Waals surface area contributed by atoms with E-state index >= 15 is 0 Å². The second kappa shape index (κ2) is 9.34. The fourth-order valence-corrected chi connectivity index (χ4v) is 3.84. The number of carboxylic acids is 1. The Hall–Kier alpha value is -3.19. The summed E-state index contributed by atoms with van der Waals surface area (Å²) in [7, 11) is 3.14. The lowest BCUT2D eigenvalue weighted by atomic mass is 9.93. The maximum Gasteiger partial charge on any atom is 0.311 e. The number of aliphatic carboxylic acids is 1. The van der Waals surface area contributed by atoms with E-state index in [1.54, 1.807) is 44.6 Å². The molecule has 0 spiro atoms. The predicted molar refractivity (Wildman–Crippen MR) is 111 cm³/mol. The lowest BCUT2D eigenvalue weighted by molar-refractivity contribution is -0.140. The molecule has 0 unspecified atom stereocenters. The first kappa shape index (κ1) is 20.5. The average molecular weight is 411 g/mol. The fraction of sp³-hybridized carbons (Fsp3) is 0.227. The Bertz CT molecular complexity index is 999. The Balaban J connectivity index is 1.71. The van der Waals surface area contributed by atoms with Gasteiger partial charge in [0.15, 0.2) is 11.5 Å². The van der Waals surface area contributed by atoms with E-state index in [2.05, 4.69) is 4.98 Å². The van der Waals surface area contributed by atoms with Gasteiger partial charge < -0.3 is 14.6 Å². The SMILES string of the molecule is COc1ccc(-c2nc(CC(=O)C[C@@H](C(=O)O)c3ccccc3)cs2)cc1OC. The molecule has 3 rings (SSSR count). The van der Waals surface area contributed by atoms with E-state index in [4.69, 9.17) is 9.47 Å². The largest absolute Gasteiger partial charge is 0.493 e. The van der Waals surface area contributed by atoms with E-state index in [-0.39, 0.29) is 18.6 Å². The van der Waals surface area contributed by atoms with Gasteiger partial charge >= 0.3 is 5.97 Å². The standard InChI is InChI=1S/C22H21NO5S/c1-27-19-9-8-15(10-20(19)28-2)21-23-16(13-29-21)11-17(24)12-18(22(25)26)14-6-4-3-5-7-14/h3-10,13,18H,11-12H2,1-2H3,(H,25,26)/t18-/m1/s1. The topological polar surface area (TPSA) is 85.7 Å². The summed E-state index contributed by atoms with van der Waals surface area (Å²) >= 11 is 1.42. The van der Waals surface area contributed by atoms with Gasteiger partial charge in [-0.25, -0.2) is 4.98 Å². The number of carboxylic acid groups (broad SMARTS) is 1. The van der Waals surface area contributed by atoms with Gasteiger partial charge in [-0.15, -0.1) is 11.3 Å². The number of nitrogens with zero attached hydrogens (tertiary/aromatic N) is 1. The molecule has 150 valence electrons. The van der Waals surface area contributed by atoms with Crippen LogP contribution in [0.1, 0.15) is 23.6 Å². The van der Waals surface area contributed by atoms with Crippen LogP contribution in [0.5, 0.6) is 11.5 Å². The molecule has 29 heavy (non-hydrogen) atoms. The number of Topliss-reactive ketones (excluding diaryl/α,β-unsaturated/α-hetero) is 1. The number of thiazole rings is 1. The van der Waals surface area contributed by atoms with Crippen LogP contribution < -0.4 is 9.47 Å². The Labute approximate surface area is 172 Å². The zero-order chi connectivity index (χ0) is 20.8. The molecule has 1 heterocycles. The second-order valence-corrected chi connectivity index (χ2v) is 7.29. The van der Waals surface area contributed by atoms with Crippen molar-refractivity contribution in [3.05, 3.63) is 65.2 Å². The number of benzene rings is 2. The van der Waals surface area contributed by atoms with Crippen molar-refractivity contribution in [2.45, 2.75) is 18.8 Å². The van der Waals surface area contributed by atoms with Gasteiger partial charge in [0, 0.05) is 23.8 Å². The van der Waals surface area contributed by atoms with Crippen molar-refractivity contribution in [1.82, 2.24) is 4.98 Å². The number of ether oxygens (including phenoxy) is 2. The quantitative estimate of drug-likeness (QED) is 0.568. The number of carbonyl (C=O) groups is 2. The molecule has 0 aliphatic carbocycles. The van der Waals surface area contributed by atoms with Crippen LogP contribution in [0, 0.1) is 0 Å². The average Bonchev–Trinajstić information content (AvgIpc) is 3.20. The van der Waals surface area contributed by atoms with Crippen LogP contribution in [-0.4, -0.2) is 36.1 Å². The van der Waals surface area contributed by atoms with E-state index in [0.717, 1.165) is 10.6 Å². The minimum absolute atomic E-state index is 0.0669. The molecular weight excluding hydrogens is 390 g/mol. The van der Waals surface area contributed by atoms with Gasteiger partial charge in [0.1, 0.15) is 10.8 Å². The van der Waals surface area contributed by atoms with E-state index in [9.17, 15) is 14.7 Å². The highest BCUT2D eigenvalue weighted by Gasteiger charge is 2.23. The van der Waals surface area contributed by atoms with Crippen LogP contribution in [0.2, 0.25) is 0 Å². The lowest BCUT2D eigenvalue weighted by Gasteiger charge is -2.11. The number of hydrogen-bond donors (Lipinski definition) is 1. The summed E-state index contributed by atoms with van der Waals surface area (Å²) in [6, 6.07) is 14.3. The third-order valence-electron chi connectivity index (χ3n) is 4.49. The third kappa shape index (κ3) is 5.00. The van der Waals surface area contributed by atoms with Crippen molar-refractivity contribution in [1.29, 1.82) is 0 Å². The van der Waals surface area contributed by atoms with Crippen molar-refractivity contribution < 1.29 is 24.2 Å². The lowest BCUT2D eigenvalue weighted by Crippen LogP contribution is -2.17. The first-order valence-corrected chi connectivity index (χ1v) is 9.86. The second-order valence-electron chi connectivity index (χ2n) is 6.43. The first-order chi connectivity index (χ1) is 14.0. The zero-order valence-corrected chi connectivity index (χ0v) is 16.9. The molecule has 0 saturated carbocycles. The number of aromatic nitrogens is 1. The molecule has 1 aromatic heterocycles. The molecule has 0 saturated heterocycles. The van der Waals surface area contributed by atoms with E-state index in [1.165, 1.54) is 11.3 Å². The summed E-state index contributed by atoms with van der Waals surface area (Å²) in [6.45, 7) is 0. The predicted octanol–water partition coefficient (Wildman–Crippen LogP) is 4.20. The van der Waals surface area contributed by atoms with Crippen molar-refractivity contribution in [3.8, 4) is 22.1 Å². The van der Waals surface area contributed by atoms with Crippen molar-refractivity contribution in [2.24, 2.45) is 0 Å². The third-order valence-corrected chi connectivity index (χ3v) is 5.43. The minimum atomic E-state index is -1.01. The van der Waals surface area contributed by atoms with E-state index in [1.807, 2.05) is 23.6 Å². The van der Waals surface area contributed by atoms with E-state index in [0.29, 0.717) is 22.8 Å². The monoisotopic (exact) mass is 411 g/mol. The van der Waals surface area contributed by atoms with Crippen LogP contribution in [0.4, 0.5) is 0 Å². The first-order valence-electron chi connectivity index (χ1n) is 8.98. The number of methoxy groups -OCH3 is 2. The molecule has 0 bridgehead atoms. The summed E-state index contributed by atoms with van der Waals surface area (Å²) < 4.78 is 10.6. The minimum Gasteiger partial charge on any atom is -0.493 e. The highest BCUT2D eigenvalue weighted by Crippen LogP contribution is 2.33. The highest BCUT2D eigenvalue weighted by molar-refractivity contribution is 7.13. The molecule has 0 fully saturated rings.